The first-order valence-electron chi connectivity index (χ1n) is 5.59. The van der Waals surface area contributed by atoms with Crippen molar-refractivity contribution >= 4 is 21.7 Å². The lowest BCUT2D eigenvalue weighted by molar-refractivity contribution is -0.143. The number of rotatable bonds is 4. The third-order valence-corrected chi connectivity index (χ3v) is 4.40. The van der Waals surface area contributed by atoms with Gasteiger partial charge >= 0.3 is 5.97 Å². The van der Waals surface area contributed by atoms with Crippen LogP contribution >= 0.6 is 0 Å². The average molecular weight is 275 g/mol. The number of nitrogens with zero attached hydrogens (tertiary/aromatic N) is 1. The highest BCUT2D eigenvalue weighted by molar-refractivity contribution is 7.91. The van der Waals surface area contributed by atoms with E-state index in [4.69, 9.17) is 5.11 Å². The van der Waals surface area contributed by atoms with Crippen molar-refractivity contribution in [2.45, 2.75) is 26.3 Å². The smallest absolute Gasteiger partial charge is 0.323 e. The van der Waals surface area contributed by atoms with Crippen molar-refractivity contribution in [1.82, 2.24) is 4.90 Å². The van der Waals surface area contributed by atoms with Crippen LogP contribution in [-0.4, -0.2) is 54.4 Å². The third kappa shape index (κ3) is 4.14. The predicted molar refractivity (Wildman–Crippen MR) is 65.8 cm³/mol. The van der Waals surface area contributed by atoms with Gasteiger partial charge in [-0.3, -0.25) is 9.59 Å². The molecule has 1 heterocycles. The molecule has 7 heteroatoms. The Labute approximate surface area is 106 Å². The fourth-order valence-electron chi connectivity index (χ4n) is 1.88. The van der Waals surface area contributed by atoms with Crippen LogP contribution in [0.25, 0.3) is 0 Å². The van der Waals surface area contributed by atoms with Gasteiger partial charge in [0.15, 0.2) is 9.84 Å². The minimum absolute atomic E-state index is 0.00981. The highest BCUT2D eigenvalue weighted by atomic mass is 32.2. The summed E-state index contributed by atoms with van der Waals surface area (Å²) >= 11 is 0. The number of carboxylic acid groups (broad SMARTS) is 1. The van der Waals surface area contributed by atoms with E-state index >= 15 is 0 Å². The molecule has 1 atom stereocenters. The molecule has 0 radical (unpaired) electrons. The lowest BCUT2D eigenvalue weighted by atomic mass is 10.2. The number of carbonyl (C=O) groups excluding carboxylic acids is 1. The Morgan fingerprint density at radius 3 is 2.39 bits per heavy atom. The number of carbonyl (C=O) groups is 2. The minimum Gasteiger partial charge on any atom is -0.480 e. The lowest BCUT2D eigenvalue weighted by Crippen LogP contribution is -2.43. The van der Waals surface area contributed by atoms with Gasteiger partial charge in [-0.25, -0.2) is 8.42 Å². The summed E-state index contributed by atoms with van der Waals surface area (Å²) in [5, 5.41) is 8.79. The molecule has 6 nitrogen and oxygen atoms in total. The maximum absolute atomic E-state index is 11.9. The van der Waals surface area contributed by atoms with Gasteiger partial charge in [0.05, 0.1) is 11.5 Å². The molecule has 0 aromatic heterocycles. The largest absolute Gasteiger partial charge is 0.480 e. The molecule has 18 heavy (non-hydrogen) atoms. The fraction of sp³-hybridized carbons (Fsp3) is 0.636. The van der Waals surface area contributed by atoms with Crippen molar-refractivity contribution < 1.29 is 23.1 Å². The summed E-state index contributed by atoms with van der Waals surface area (Å²) < 4.78 is 22.8. The second kappa shape index (κ2) is 5.51. The molecular formula is C11H17NO5S. The van der Waals surface area contributed by atoms with Gasteiger partial charge in [0.1, 0.15) is 6.54 Å². The summed E-state index contributed by atoms with van der Waals surface area (Å²) in [7, 11) is -3.15. The van der Waals surface area contributed by atoms with Crippen LogP contribution in [0.5, 0.6) is 0 Å². The van der Waals surface area contributed by atoms with Crippen LogP contribution in [0, 0.1) is 0 Å². The van der Waals surface area contributed by atoms with E-state index < -0.39 is 34.3 Å². The standard InChI is InChI=1S/C11H17NO5S/c1-8(2)5-10(13)12(6-11(14)15)9-3-4-18(16,17)7-9/h5,9H,3-4,6-7H2,1-2H3,(H,14,15). The molecule has 0 bridgehead atoms. The summed E-state index contributed by atoms with van der Waals surface area (Å²) in [4.78, 5) is 23.8. The zero-order valence-electron chi connectivity index (χ0n) is 10.4. The van der Waals surface area contributed by atoms with Gasteiger partial charge in [0.25, 0.3) is 0 Å². The number of aliphatic carboxylic acids is 1. The van der Waals surface area contributed by atoms with E-state index in [-0.39, 0.29) is 11.5 Å². The van der Waals surface area contributed by atoms with Crippen LogP contribution in [-0.2, 0) is 19.4 Å². The highest BCUT2D eigenvalue weighted by Crippen LogP contribution is 2.18. The summed E-state index contributed by atoms with van der Waals surface area (Å²) in [5.41, 5.74) is 0.747. The van der Waals surface area contributed by atoms with Crippen molar-refractivity contribution in [3.63, 3.8) is 0 Å². The Morgan fingerprint density at radius 2 is 2.00 bits per heavy atom. The number of allylic oxidation sites excluding steroid dienone is 1. The Hall–Kier alpha value is -1.37. The monoisotopic (exact) mass is 275 g/mol. The molecule has 1 saturated heterocycles. The highest BCUT2D eigenvalue weighted by Gasteiger charge is 2.34. The van der Waals surface area contributed by atoms with E-state index in [0.29, 0.717) is 6.42 Å². The van der Waals surface area contributed by atoms with Gasteiger partial charge in [0.2, 0.25) is 5.91 Å². The molecule has 0 spiro atoms. The van der Waals surface area contributed by atoms with Crippen LogP contribution in [0.15, 0.2) is 11.6 Å². The lowest BCUT2D eigenvalue weighted by Gasteiger charge is -2.25. The molecule has 1 aliphatic heterocycles. The quantitative estimate of drug-likeness (QED) is 0.732. The number of hydrogen-bond donors (Lipinski definition) is 1. The number of carboxylic acids is 1. The predicted octanol–water partition coefficient (Wildman–Crippen LogP) is 0.0529. The van der Waals surface area contributed by atoms with Crippen molar-refractivity contribution in [3.8, 4) is 0 Å². The van der Waals surface area contributed by atoms with E-state index in [1.165, 1.54) is 6.08 Å². The van der Waals surface area contributed by atoms with Crippen LogP contribution in [0.4, 0.5) is 0 Å². The second-order valence-electron chi connectivity index (χ2n) is 4.64. The Kier molecular flexibility index (Phi) is 4.50. The van der Waals surface area contributed by atoms with Gasteiger partial charge in [-0.15, -0.1) is 0 Å². The van der Waals surface area contributed by atoms with E-state index in [1.807, 2.05) is 0 Å². The average Bonchev–Trinajstić information content (AvgIpc) is 2.53. The minimum atomic E-state index is -3.15. The molecule has 102 valence electrons. The van der Waals surface area contributed by atoms with Crippen molar-refractivity contribution in [3.05, 3.63) is 11.6 Å². The number of sulfone groups is 1. The molecule has 1 aliphatic rings. The van der Waals surface area contributed by atoms with Crippen LogP contribution in [0.3, 0.4) is 0 Å². The number of amides is 1. The Morgan fingerprint density at radius 1 is 1.39 bits per heavy atom. The first-order chi connectivity index (χ1) is 8.21. The molecule has 1 unspecified atom stereocenters. The zero-order valence-corrected chi connectivity index (χ0v) is 11.2. The molecule has 0 aromatic carbocycles. The maximum atomic E-state index is 11.9. The van der Waals surface area contributed by atoms with E-state index in [9.17, 15) is 18.0 Å². The van der Waals surface area contributed by atoms with Crippen LogP contribution in [0.2, 0.25) is 0 Å². The second-order valence-corrected chi connectivity index (χ2v) is 6.87. The first kappa shape index (κ1) is 14.7. The fourth-order valence-corrected chi connectivity index (χ4v) is 3.61. The molecule has 1 rings (SSSR count). The van der Waals surface area contributed by atoms with Gasteiger partial charge < -0.3 is 10.0 Å². The van der Waals surface area contributed by atoms with E-state index in [2.05, 4.69) is 0 Å². The van der Waals surface area contributed by atoms with Crippen LogP contribution in [0.1, 0.15) is 20.3 Å². The summed E-state index contributed by atoms with van der Waals surface area (Å²) in [6, 6.07) is -0.533. The zero-order chi connectivity index (χ0) is 13.9. The molecule has 0 aliphatic carbocycles. The third-order valence-electron chi connectivity index (χ3n) is 2.65. The van der Waals surface area contributed by atoms with E-state index in [1.54, 1.807) is 13.8 Å². The summed E-state index contributed by atoms with van der Waals surface area (Å²) in [6.07, 6.45) is 1.63. The summed E-state index contributed by atoms with van der Waals surface area (Å²) in [6.45, 7) is 2.98. The summed E-state index contributed by atoms with van der Waals surface area (Å²) in [5.74, 6) is -1.73. The molecule has 0 saturated carbocycles. The van der Waals surface area contributed by atoms with Crippen molar-refractivity contribution in [2.75, 3.05) is 18.1 Å². The van der Waals surface area contributed by atoms with E-state index in [0.717, 1.165) is 10.5 Å². The molecule has 1 N–H and O–H groups in total. The maximum Gasteiger partial charge on any atom is 0.323 e. The molecular weight excluding hydrogens is 258 g/mol. The van der Waals surface area contributed by atoms with Gasteiger partial charge in [-0.05, 0) is 20.3 Å². The SMILES string of the molecule is CC(C)=CC(=O)N(CC(=O)O)C1CCS(=O)(=O)C1. The molecule has 1 amide bonds. The number of hydrogen-bond acceptors (Lipinski definition) is 4. The Bertz CT molecular complexity index is 476. The van der Waals surface area contributed by atoms with Crippen LogP contribution < -0.4 is 0 Å². The van der Waals surface area contributed by atoms with Crippen molar-refractivity contribution in [2.24, 2.45) is 0 Å². The van der Waals surface area contributed by atoms with Crippen molar-refractivity contribution in [1.29, 1.82) is 0 Å². The van der Waals surface area contributed by atoms with Gasteiger partial charge in [-0.2, -0.15) is 0 Å². The molecule has 1 fully saturated rings. The van der Waals surface area contributed by atoms with Gasteiger partial charge in [-0.1, -0.05) is 5.57 Å². The Balaban J connectivity index is 2.89. The molecule has 0 aromatic rings. The normalized spacial score (nSPS) is 21.3. The topological polar surface area (TPSA) is 91.8 Å². The first-order valence-corrected chi connectivity index (χ1v) is 7.41. The van der Waals surface area contributed by atoms with Gasteiger partial charge in [0, 0.05) is 12.1 Å².